The summed E-state index contributed by atoms with van der Waals surface area (Å²) in [4.78, 5) is 28.9. The molecule has 19 heavy (non-hydrogen) atoms. The van der Waals surface area contributed by atoms with Crippen molar-refractivity contribution in [1.82, 2.24) is 9.88 Å². The molecule has 1 aromatic rings. The number of carboxylic acids is 1. The molecule has 1 saturated heterocycles. The van der Waals surface area contributed by atoms with Gasteiger partial charge < -0.3 is 14.7 Å². The van der Waals surface area contributed by atoms with Crippen LogP contribution in [0.3, 0.4) is 0 Å². The van der Waals surface area contributed by atoms with Crippen LogP contribution < -0.4 is 0 Å². The van der Waals surface area contributed by atoms with Crippen LogP contribution in [0.1, 0.15) is 33.7 Å². The Hall–Kier alpha value is -1.95. The number of piperidine rings is 1. The third-order valence-corrected chi connectivity index (χ3v) is 3.24. The van der Waals surface area contributed by atoms with E-state index in [1.54, 1.807) is 12.0 Å². The zero-order valence-corrected chi connectivity index (χ0v) is 10.7. The van der Waals surface area contributed by atoms with Gasteiger partial charge in [-0.2, -0.15) is 0 Å². The van der Waals surface area contributed by atoms with Crippen molar-refractivity contribution in [1.29, 1.82) is 0 Å². The number of hydrogen-bond acceptors (Lipinski definition) is 4. The lowest BCUT2D eigenvalue weighted by atomic mass is 10.1. The summed E-state index contributed by atoms with van der Waals surface area (Å²) in [5, 5.41) is 9.08. The molecule has 2 rings (SSSR count). The van der Waals surface area contributed by atoms with Crippen molar-refractivity contribution in [3.05, 3.63) is 29.6 Å². The maximum Gasteiger partial charge on any atom is 0.338 e. The fraction of sp³-hybridized carbons (Fsp3) is 0.462. The molecule has 102 valence electrons. The highest BCUT2D eigenvalue weighted by molar-refractivity contribution is 6.03. The van der Waals surface area contributed by atoms with Gasteiger partial charge >= 0.3 is 5.97 Å². The second kappa shape index (κ2) is 5.79. The van der Waals surface area contributed by atoms with E-state index in [1.807, 2.05) is 0 Å². The number of likely N-dealkylation sites (tertiary alicyclic amines) is 1. The van der Waals surface area contributed by atoms with Crippen LogP contribution >= 0.6 is 0 Å². The number of carbonyl (C=O) groups is 2. The number of carbonyl (C=O) groups excluding carboxylic acids is 1. The number of aromatic nitrogens is 1. The molecule has 1 amide bonds. The fourth-order valence-electron chi connectivity index (χ4n) is 2.21. The maximum absolute atomic E-state index is 12.3. The molecule has 0 spiro atoms. The second-order valence-corrected chi connectivity index (χ2v) is 4.46. The number of hydrogen-bond donors (Lipinski definition) is 1. The topological polar surface area (TPSA) is 79.7 Å². The van der Waals surface area contributed by atoms with E-state index in [0.717, 1.165) is 12.8 Å². The Morgan fingerprint density at radius 2 is 2.32 bits per heavy atom. The summed E-state index contributed by atoms with van der Waals surface area (Å²) >= 11 is 0. The molecule has 1 atom stereocenters. The molecular formula is C13H16N2O4. The number of methoxy groups -OCH3 is 1. The Morgan fingerprint density at radius 3 is 3.00 bits per heavy atom. The largest absolute Gasteiger partial charge is 0.478 e. The molecule has 1 fully saturated rings. The van der Waals surface area contributed by atoms with Gasteiger partial charge in [-0.1, -0.05) is 0 Å². The first-order chi connectivity index (χ1) is 9.13. The molecule has 1 aliphatic rings. The number of aromatic carboxylic acids is 1. The summed E-state index contributed by atoms with van der Waals surface area (Å²) in [6.07, 6.45) is 3.19. The third kappa shape index (κ3) is 2.90. The summed E-state index contributed by atoms with van der Waals surface area (Å²) in [5.74, 6) is -1.49. The van der Waals surface area contributed by atoms with Crippen molar-refractivity contribution in [2.24, 2.45) is 0 Å². The van der Waals surface area contributed by atoms with Crippen LogP contribution in [0.4, 0.5) is 0 Å². The highest BCUT2D eigenvalue weighted by Crippen LogP contribution is 2.16. The quantitative estimate of drug-likeness (QED) is 0.882. The predicted octanol–water partition coefficient (Wildman–Crippen LogP) is 1.03. The summed E-state index contributed by atoms with van der Waals surface area (Å²) < 4.78 is 5.25. The number of nitrogens with zero attached hydrogens (tertiary/aromatic N) is 2. The first kappa shape index (κ1) is 13.5. The van der Waals surface area contributed by atoms with Gasteiger partial charge in [0.25, 0.3) is 5.91 Å². The Bertz CT molecular complexity index is 489. The van der Waals surface area contributed by atoms with E-state index >= 15 is 0 Å². The molecule has 6 heteroatoms. The van der Waals surface area contributed by atoms with Crippen molar-refractivity contribution in [3.8, 4) is 0 Å². The van der Waals surface area contributed by atoms with Crippen LogP contribution in [-0.4, -0.2) is 53.2 Å². The van der Waals surface area contributed by atoms with Crippen LogP contribution in [0.2, 0.25) is 0 Å². The van der Waals surface area contributed by atoms with Gasteiger partial charge in [-0.3, -0.25) is 9.78 Å². The Balaban J connectivity index is 2.22. The van der Waals surface area contributed by atoms with Gasteiger partial charge in [0.1, 0.15) is 5.69 Å². The fourth-order valence-corrected chi connectivity index (χ4v) is 2.21. The molecule has 0 bridgehead atoms. The first-order valence-corrected chi connectivity index (χ1v) is 6.14. The van der Waals surface area contributed by atoms with Crippen molar-refractivity contribution in [3.63, 3.8) is 0 Å². The van der Waals surface area contributed by atoms with Gasteiger partial charge in [0, 0.05) is 26.4 Å². The van der Waals surface area contributed by atoms with E-state index in [9.17, 15) is 9.59 Å². The zero-order chi connectivity index (χ0) is 13.8. The molecule has 6 nitrogen and oxygen atoms in total. The number of amides is 1. The number of carboxylic acid groups (broad SMARTS) is 1. The Kier molecular flexibility index (Phi) is 4.11. The van der Waals surface area contributed by atoms with E-state index in [2.05, 4.69) is 4.98 Å². The van der Waals surface area contributed by atoms with Crippen LogP contribution in [0.25, 0.3) is 0 Å². The smallest absolute Gasteiger partial charge is 0.338 e. The molecule has 2 heterocycles. The molecule has 0 saturated carbocycles. The van der Waals surface area contributed by atoms with Crippen LogP contribution in [0.15, 0.2) is 18.3 Å². The molecule has 1 N–H and O–H groups in total. The summed E-state index contributed by atoms with van der Waals surface area (Å²) in [7, 11) is 1.61. The van der Waals surface area contributed by atoms with Crippen molar-refractivity contribution >= 4 is 11.9 Å². The lowest BCUT2D eigenvalue weighted by Gasteiger charge is -2.31. The number of ether oxygens (including phenoxy) is 1. The molecule has 1 unspecified atom stereocenters. The number of rotatable bonds is 3. The Morgan fingerprint density at radius 1 is 1.53 bits per heavy atom. The lowest BCUT2D eigenvalue weighted by Crippen LogP contribution is -2.43. The molecule has 0 aromatic carbocycles. The third-order valence-electron chi connectivity index (χ3n) is 3.24. The van der Waals surface area contributed by atoms with Crippen LogP contribution in [0, 0.1) is 0 Å². The second-order valence-electron chi connectivity index (χ2n) is 4.46. The molecule has 0 radical (unpaired) electrons. The standard InChI is InChI=1S/C13H16N2O4/c1-19-9-4-3-7-15(8-9)12(16)11-10(13(17)18)5-2-6-14-11/h2,5-6,9H,3-4,7-8H2,1H3,(H,17,18). The molecule has 1 aromatic heterocycles. The minimum absolute atomic E-state index is 0.00764. The van der Waals surface area contributed by atoms with Gasteiger partial charge in [0.15, 0.2) is 0 Å². The van der Waals surface area contributed by atoms with E-state index in [1.165, 1.54) is 18.3 Å². The van der Waals surface area contributed by atoms with Gasteiger partial charge in [0.2, 0.25) is 0 Å². The van der Waals surface area contributed by atoms with Crippen molar-refractivity contribution in [2.75, 3.05) is 20.2 Å². The normalized spacial score (nSPS) is 19.2. The predicted molar refractivity (Wildman–Crippen MR) is 67.1 cm³/mol. The van der Waals surface area contributed by atoms with Crippen LogP contribution in [0.5, 0.6) is 0 Å². The molecule has 1 aliphatic heterocycles. The average Bonchev–Trinajstić information content (AvgIpc) is 2.46. The minimum Gasteiger partial charge on any atom is -0.478 e. The van der Waals surface area contributed by atoms with E-state index < -0.39 is 5.97 Å². The van der Waals surface area contributed by atoms with Gasteiger partial charge in [-0.25, -0.2) is 4.79 Å². The monoisotopic (exact) mass is 264 g/mol. The van der Waals surface area contributed by atoms with E-state index in [4.69, 9.17) is 9.84 Å². The lowest BCUT2D eigenvalue weighted by molar-refractivity contribution is 0.0263. The molecular weight excluding hydrogens is 248 g/mol. The zero-order valence-electron chi connectivity index (χ0n) is 10.7. The summed E-state index contributed by atoms with van der Waals surface area (Å²) in [6.45, 7) is 1.08. The molecule has 0 aliphatic carbocycles. The SMILES string of the molecule is COC1CCCN(C(=O)c2ncccc2C(=O)O)C1. The Labute approximate surface area is 111 Å². The maximum atomic E-state index is 12.3. The van der Waals surface area contributed by atoms with Gasteiger partial charge in [-0.05, 0) is 25.0 Å². The highest BCUT2D eigenvalue weighted by Gasteiger charge is 2.27. The summed E-state index contributed by atoms with van der Waals surface area (Å²) in [5.41, 5.74) is -0.0706. The van der Waals surface area contributed by atoms with Gasteiger partial charge in [0.05, 0.1) is 11.7 Å². The van der Waals surface area contributed by atoms with Crippen LogP contribution in [-0.2, 0) is 4.74 Å². The highest BCUT2D eigenvalue weighted by atomic mass is 16.5. The van der Waals surface area contributed by atoms with Gasteiger partial charge in [-0.15, -0.1) is 0 Å². The average molecular weight is 264 g/mol. The van der Waals surface area contributed by atoms with E-state index in [0.29, 0.717) is 13.1 Å². The number of pyridine rings is 1. The van der Waals surface area contributed by atoms with Crippen molar-refractivity contribution in [2.45, 2.75) is 18.9 Å². The van der Waals surface area contributed by atoms with E-state index in [-0.39, 0.29) is 23.3 Å². The summed E-state index contributed by atoms with van der Waals surface area (Å²) in [6, 6.07) is 2.90. The first-order valence-electron chi connectivity index (χ1n) is 6.14. The minimum atomic E-state index is -1.14. The van der Waals surface area contributed by atoms with Crippen molar-refractivity contribution < 1.29 is 19.4 Å².